The first-order chi connectivity index (χ1) is 8.86. The van der Waals surface area contributed by atoms with Gasteiger partial charge in [-0.3, -0.25) is 4.79 Å². The summed E-state index contributed by atoms with van der Waals surface area (Å²) in [5.74, 6) is -0.892. The summed E-state index contributed by atoms with van der Waals surface area (Å²) in [7, 11) is -3.29. The van der Waals surface area contributed by atoms with Crippen molar-refractivity contribution in [3.05, 3.63) is 0 Å². The Kier molecular flexibility index (Phi) is 6.26. The van der Waals surface area contributed by atoms with E-state index in [1.165, 1.54) is 4.31 Å². The third kappa shape index (κ3) is 5.10. The molecule has 0 aliphatic carbocycles. The molecule has 0 saturated carbocycles. The van der Waals surface area contributed by atoms with E-state index in [0.717, 1.165) is 12.8 Å². The predicted octanol–water partition coefficient (Wildman–Crippen LogP) is 1.94. The van der Waals surface area contributed by atoms with Gasteiger partial charge in [-0.2, -0.15) is 0 Å². The summed E-state index contributed by atoms with van der Waals surface area (Å²) in [4.78, 5) is 11.0. The summed E-state index contributed by atoms with van der Waals surface area (Å²) in [6, 6.07) is 0. The minimum Gasteiger partial charge on any atom is -0.481 e. The fourth-order valence-electron chi connectivity index (χ4n) is 2.51. The largest absolute Gasteiger partial charge is 0.481 e. The Morgan fingerprint density at radius 3 is 2.68 bits per heavy atom. The first kappa shape index (κ1) is 16.4. The molecule has 2 atom stereocenters. The highest BCUT2D eigenvalue weighted by Gasteiger charge is 2.32. The van der Waals surface area contributed by atoms with Gasteiger partial charge in [0.25, 0.3) is 0 Å². The average molecular weight is 291 g/mol. The molecule has 1 fully saturated rings. The molecule has 0 amide bonds. The number of carboxylic acids is 1. The molecule has 1 rings (SSSR count). The van der Waals surface area contributed by atoms with Crippen molar-refractivity contribution < 1.29 is 18.3 Å². The van der Waals surface area contributed by atoms with Crippen molar-refractivity contribution in [1.29, 1.82) is 0 Å². The SMILES string of the molecule is CCCC(C)CCS(=O)(=O)N1CCCC(C(=O)O)C1. The molecule has 1 aliphatic rings. The van der Waals surface area contributed by atoms with Gasteiger partial charge in [0.1, 0.15) is 0 Å². The van der Waals surface area contributed by atoms with Crippen molar-refractivity contribution in [2.24, 2.45) is 11.8 Å². The van der Waals surface area contributed by atoms with Crippen LogP contribution in [0.25, 0.3) is 0 Å². The number of aliphatic carboxylic acids is 1. The second-order valence-electron chi connectivity index (χ2n) is 5.53. The number of carbonyl (C=O) groups is 1. The van der Waals surface area contributed by atoms with Crippen LogP contribution >= 0.6 is 0 Å². The molecule has 1 heterocycles. The molecule has 1 aliphatic heterocycles. The summed E-state index contributed by atoms with van der Waals surface area (Å²) in [5, 5.41) is 8.99. The van der Waals surface area contributed by atoms with E-state index < -0.39 is 21.9 Å². The third-order valence-corrected chi connectivity index (χ3v) is 5.65. The van der Waals surface area contributed by atoms with E-state index in [0.29, 0.717) is 31.7 Å². The Hall–Kier alpha value is -0.620. The van der Waals surface area contributed by atoms with Crippen LogP contribution < -0.4 is 0 Å². The molecule has 19 heavy (non-hydrogen) atoms. The van der Waals surface area contributed by atoms with Gasteiger partial charge in [-0.1, -0.05) is 26.7 Å². The molecule has 6 heteroatoms. The summed E-state index contributed by atoms with van der Waals surface area (Å²) < 4.78 is 25.8. The molecule has 2 unspecified atom stereocenters. The Morgan fingerprint density at radius 1 is 1.42 bits per heavy atom. The van der Waals surface area contributed by atoms with Crippen LogP contribution in [0.2, 0.25) is 0 Å². The number of rotatable bonds is 7. The predicted molar refractivity (Wildman–Crippen MR) is 74.4 cm³/mol. The Bertz CT molecular complexity index is 393. The van der Waals surface area contributed by atoms with Gasteiger partial charge in [-0.25, -0.2) is 12.7 Å². The van der Waals surface area contributed by atoms with Crippen LogP contribution in [0.5, 0.6) is 0 Å². The number of nitrogens with zero attached hydrogens (tertiary/aromatic N) is 1. The van der Waals surface area contributed by atoms with E-state index in [1.807, 2.05) is 0 Å². The maximum absolute atomic E-state index is 12.2. The van der Waals surface area contributed by atoms with Crippen molar-refractivity contribution in [2.75, 3.05) is 18.8 Å². The van der Waals surface area contributed by atoms with E-state index in [4.69, 9.17) is 5.11 Å². The summed E-state index contributed by atoms with van der Waals surface area (Å²) in [5.41, 5.74) is 0. The minimum atomic E-state index is -3.29. The first-order valence-corrected chi connectivity index (χ1v) is 8.68. The van der Waals surface area contributed by atoms with Crippen molar-refractivity contribution in [2.45, 2.75) is 46.0 Å². The maximum atomic E-state index is 12.2. The fourth-order valence-corrected chi connectivity index (χ4v) is 4.29. The van der Waals surface area contributed by atoms with Gasteiger partial charge in [0, 0.05) is 13.1 Å². The smallest absolute Gasteiger partial charge is 0.307 e. The quantitative estimate of drug-likeness (QED) is 0.778. The monoisotopic (exact) mass is 291 g/mol. The van der Waals surface area contributed by atoms with E-state index in [-0.39, 0.29) is 12.3 Å². The van der Waals surface area contributed by atoms with Crippen LogP contribution in [-0.4, -0.2) is 42.6 Å². The minimum absolute atomic E-state index is 0.139. The average Bonchev–Trinajstić information content (AvgIpc) is 2.37. The molecule has 0 radical (unpaired) electrons. The molecular formula is C13H25NO4S. The second kappa shape index (κ2) is 7.24. The standard InChI is InChI=1S/C13H25NO4S/c1-3-5-11(2)7-9-19(17,18)14-8-4-6-12(10-14)13(15)16/h11-12H,3-10H2,1-2H3,(H,15,16). The lowest BCUT2D eigenvalue weighted by Crippen LogP contribution is -2.43. The van der Waals surface area contributed by atoms with Crippen LogP contribution in [-0.2, 0) is 14.8 Å². The highest BCUT2D eigenvalue weighted by Crippen LogP contribution is 2.21. The van der Waals surface area contributed by atoms with Crippen molar-refractivity contribution in [3.63, 3.8) is 0 Å². The number of sulfonamides is 1. The second-order valence-corrected chi connectivity index (χ2v) is 7.62. The lowest BCUT2D eigenvalue weighted by molar-refractivity contribution is -0.142. The van der Waals surface area contributed by atoms with Crippen LogP contribution in [0.15, 0.2) is 0 Å². The molecular weight excluding hydrogens is 266 g/mol. The molecule has 0 spiro atoms. The van der Waals surface area contributed by atoms with Gasteiger partial charge in [0.2, 0.25) is 10.0 Å². The van der Waals surface area contributed by atoms with Gasteiger partial charge in [-0.05, 0) is 25.2 Å². The molecule has 1 N–H and O–H groups in total. The number of hydrogen-bond acceptors (Lipinski definition) is 3. The highest BCUT2D eigenvalue weighted by atomic mass is 32.2. The molecule has 112 valence electrons. The Labute approximate surface area is 116 Å². The van der Waals surface area contributed by atoms with Crippen LogP contribution in [0, 0.1) is 11.8 Å². The van der Waals surface area contributed by atoms with E-state index >= 15 is 0 Å². The molecule has 0 aromatic heterocycles. The van der Waals surface area contributed by atoms with Gasteiger partial charge >= 0.3 is 5.97 Å². The molecule has 5 nitrogen and oxygen atoms in total. The van der Waals surface area contributed by atoms with E-state index in [9.17, 15) is 13.2 Å². The maximum Gasteiger partial charge on any atom is 0.307 e. The number of carboxylic acid groups (broad SMARTS) is 1. The van der Waals surface area contributed by atoms with Gasteiger partial charge in [0.05, 0.1) is 11.7 Å². The van der Waals surface area contributed by atoms with Crippen molar-refractivity contribution in [3.8, 4) is 0 Å². The third-order valence-electron chi connectivity index (χ3n) is 3.78. The number of piperidine rings is 1. The number of hydrogen-bond donors (Lipinski definition) is 1. The van der Waals surface area contributed by atoms with Gasteiger partial charge in [-0.15, -0.1) is 0 Å². The zero-order valence-corrected chi connectivity index (χ0v) is 12.7. The summed E-state index contributed by atoms with van der Waals surface area (Å²) in [6.07, 6.45) is 3.97. The Morgan fingerprint density at radius 2 is 2.11 bits per heavy atom. The summed E-state index contributed by atoms with van der Waals surface area (Å²) in [6.45, 7) is 4.76. The lowest BCUT2D eigenvalue weighted by Gasteiger charge is -2.30. The fraction of sp³-hybridized carbons (Fsp3) is 0.923. The highest BCUT2D eigenvalue weighted by molar-refractivity contribution is 7.89. The van der Waals surface area contributed by atoms with Crippen LogP contribution in [0.4, 0.5) is 0 Å². The summed E-state index contributed by atoms with van der Waals surface area (Å²) >= 11 is 0. The topological polar surface area (TPSA) is 74.7 Å². The van der Waals surface area contributed by atoms with Crippen molar-refractivity contribution >= 4 is 16.0 Å². The zero-order valence-electron chi connectivity index (χ0n) is 11.8. The van der Waals surface area contributed by atoms with Crippen LogP contribution in [0.3, 0.4) is 0 Å². The molecule has 1 saturated heterocycles. The van der Waals surface area contributed by atoms with E-state index in [1.54, 1.807) is 0 Å². The van der Waals surface area contributed by atoms with Gasteiger partial charge < -0.3 is 5.11 Å². The first-order valence-electron chi connectivity index (χ1n) is 7.07. The molecule has 0 aromatic carbocycles. The van der Waals surface area contributed by atoms with Crippen LogP contribution in [0.1, 0.15) is 46.0 Å². The van der Waals surface area contributed by atoms with Crippen molar-refractivity contribution in [1.82, 2.24) is 4.31 Å². The molecule has 0 aromatic rings. The Balaban J connectivity index is 2.54. The lowest BCUT2D eigenvalue weighted by atomic mass is 10.0. The van der Waals surface area contributed by atoms with E-state index in [2.05, 4.69) is 13.8 Å². The normalized spacial score (nSPS) is 23.2. The van der Waals surface area contributed by atoms with Gasteiger partial charge in [0.15, 0.2) is 0 Å². The zero-order chi connectivity index (χ0) is 14.5. The molecule has 0 bridgehead atoms.